The van der Waals surface area contributed by atoms with Gasteiger partial charge in [-0.15, -0.1) is 0 Å². The van der Waals surface area contributed by atoms with Crippen LogP contribution in [-0.2, 0) is 10.1 Å². The molecule has 0 fully saturated rings. The summed E-state index contributed by atoms with van der Waals surface area (Å²) in [6.45, 7) is 1.85. The second kappa shape index (κ2) is 4.27. The average Bonchev–Trinajstić information content (AvgIpc) is 2.28. The Morgan fingerprint density at radius 2 is 2.00 bits per heavy atom. The normalized spacial score (nSPS) is 11.4. The molecule has 0 amide bonds. The minimum atomic E-state index is -4.23. The first kappa shape index (κ1) is 11.8. The summed E-state index contributed by atoms with van der Waals surface area (Å²) in [4.78, 5) is 3.84. The molecule has 0 radical (unpaired) electrons. The van der Waals surface area contributed by atoms with Crippen LogP contribution in [0.3, 0.4) is 0 Å². The molecule has 4 nitrogen and oxygen atoms in total. The molecule has 0 saturated carbocycles. The molecule has 0 bridgehead atoms. The van der Waals surface area contributed by atoms with Crippen LogP contribution in [0.15, 0.2) is 47.6 Å². The van der Waals surface area contributed by atoms with Gasteiger partial charge in [0.1, 0.15) is 4.90 Å². The highest BCUT2D eigenvalue weighted by Gasteiger charge is 2.16. The molecule has 0 atom stereocenters. The Morgan fingerprint density at radius 3 is 2.59 bits per heavy atom. The summed E-state index contributed by atoms with van der Waals surface area (Å²) in [5.41, 5.74) is 2.03. The van der Waals surface area contributed by atoms with Gasteiger partial charge in [-0.1, -0.05) is 17.7 Å². The first-order valence-corrected chi connectivity index (χ1v) is 6.41. The van der Waals surface area contributed by atoms with Gasteiger partial charge < -0.3 is 0 Å². The Balaban J connectivity index is 2.72. The summed E-state index contributed by atoms with van der Waals surface area (Å²) in [5, 5.41) is 0. The zero-order valence-corrected chi connectivity index (χ0v) is 9.98. The number of nitrogens with zero attached hydrogens (tertiary/aromatic N) is 1. The van der Waals surface area contributed by atoms with Gasteiger partial charge in [-0.05, 0) is 25.1 Å². The number of aromatic nitrogens is 1. The molecule has 17 heavy (non-hydrogen) atoms. The third-order valence-corrected chi connectivity index (χ3v) is 3.30. The van der Waals surface area contributed by atoms with Gasteiger partial charge in [0.25, 0.3) is 10.1 Å². The van der Waals surface area contributed by atoms with Crippen LogP contribution in [0.25, 0.3) is 11.1 Å². The van der Waals surface area contributed by atoms with Gasteiger partial charge in [0, 0.05) is 23.5 Å². The lowest BCUT2D eigenvalue weighted by molar-refractivity contribution is 0.483. The summed E-state index contributed by atoms with van der Waals surface area (Å²) in [6.07, 6.45) is 3.16. The summed E-state index contributed by atoms with van der Waals surface area (Å²) in [6, 6.07) is 8.21. The number of aryl methyl sites for hydroxylation is 1. The monoisotopic (exact) mass is 249 g/mol. The molecule has 0 aliphatic carbocycles. The molecular formula is C12H11NO3S. The predicted molar refractivity (Wildman–Crippen MR) is 64.2 cm³/mol. The molecule has 1 heterocycles. The Hall–Kier alpha value is -1.72. The first-order valence-electron chi connectivity index (χ1n) is 4.97. The van der Waals surface area contributed by atoms with E-state index in [0.29, 0.717) is 11.1 Å². The van der Waals surface area contributed by atoms with Gasteiger partial charge in [0.15, 0.2) is 0 Å². The highest BCUT2D eigenvalue weighted by Crippen LogP contribution is 2.27. The number of rotatable bonds is 2. The lowest BCUT2D eigenvalue weighted by Crippen LogP contribution is -2.01. The fourth-order valence-electron chi connectivity index (χ4n) is 1.62. The van der Waals surface area contributed by atoms with Crippen molar-refractivity contribution in [1.29, 1.82) is 0 Å². The minimum absolute atomic E-state index is 0.101. The van der Waals surface area contributed by atoms with E-state index in [0.717, 1.165) is 5.56 Å². The second-order valence-electron chi connectivity index (χ2n) is 3.72. The van der Waals surface area contributed by atoms with Crippen molar-refractivity contribution in [2.24, 2.45) is 0 Å². The van der Waals surface area contributed by atoms with Crippen molar-refractivity contribution in [3.63, 3.8) is 0 Å². The van der Waals surface area contributed by atoms with E-state index in [-0.39, 0.29) is 4.90 Å². The largest absolute Gasteiger partial charge is 0.295 e. The van der Waals surface area contributed by atoms with E-state index in [1.165, 1.54) is 6.07 Å². The first-order chi connectivity index (χ1) is 7.98. The molecular weight excluding hydrogens is 238 g/mol. The van der Waals surface area contributed by atoms with E-state index < -0.39 is 10.1 Å². The van der Waals surface area contributed by atoms with Crippen LogP contribution in [0.5, 0.6) is 0 Å². The molecule has 88 valence electrons. The van der Waals surface area contributed by atoms with E-state index in [2.05, 4.69) is 4.98 Å². The van der Waals surface area contributed by atoms with Crippen molar-refractivity contribution < 1.29 is 13.0 Å². The fourth-order valence-corrected chi connectivity index (χ4v) is 2.31. The fraction of sp³-hybridized carbons (Fsp3) is 0.0833. The topological polar surface area (TPSA) is 67.3 Å². The summed E-state index contributed by atoms with van der Waals surface area (Å²) in [7, 11) is -4.23. The summed E-state index contributed by atoms with van der Waals surface area (Å²) >= 11 is 0. The maximum Gasteiger partial charge on any atom is 0.295 e. The lowest BCUT2D eigenvalue weighted by atomic mass is 10.1. The van der Waals surface area contributed by atoms with Crippen LogP contribution in [0, 0.1) is 6.92 Å². The lowest BCUT2D eigenvalue weighted by Gasteiger charge is -2.07. The third kappa shape index (κ3) is 2.51. The Kier molecular flexibility index (Phi) is 2.95. The SMILES string of the molecule is Cc1ccc(S(=O)(=O)O)c(-c2cccnc2)c1. The van der Waals surface area contributed by atoms with Crippen molar-refractivity contribution in [3.8, 4) is 11.1 Å². The Bertz CT molecular complexity index is 636. The summed E-state index contributed by atoms with van der Waals surface area (Å²) in [5.74, 6) is 0. The van der Waals surface area contributed by atoms with E-state index >= 15 is 0 Å². The number of benzene rings is 1. The number of pyridine rings is 1. The van der Waals surface area contributed by atoms with Gasteiger partial charge in [0.2, 0.25) is 0 Å². The van der Waals surface area contributed by atoms with Gasteiger partial charge in [0.05, 0.1) is 0 Å². The molecule has 2 rings (SSSR count). The molecule has 1 aromatic heterocycles. The Morgan fingerprint density at radius 1 is 1.24 bits per heavy atom. The van der Waals surface area contributed by atoms with Gasteiger partial charge in [-0.25, -0.2) is 0 Å². The molecule has 5 heteroatoms. The highest BCUT2D eigenvalue weighted by atomic mass is 32.2. The van der Waals surface area contributed by atoms with E-state index in [1.54, 1.807) is 36.7 Å². The molecule has 1 N–H and O–H groups in total. The van der Waals surface area contributed by atoms with Crippen molar-refractivity contribution in [2.75, 3.05) is 0 Å². The quantitative estimate of drug-likeness (QED) is 0.829. The van der Waals surface area contributed by atoms with Gasteiger partial charge >= 0.3 is 0 Å². The molecule has 2 aromatic rings. The van der Waals surface area contributed by atoms with E-state index in [1.807, 2.05) is 6.92 Å². The zero-order chi connectivity index (χ0) is 12.5. The van der Waals surface area contributed by atoms with Crippen LogP contribution in [0.4, 0.5) is 0 Å². The zero-order valence-electron chi connectivity index (χ0n) is 9.16. The van der Waals surface area contributed by atoms with Crippen LogP contribution >= 0.6 is 0 Å². The minimum Gasteiger partial charge on any atom is -0.282 e. The molecule has 0 saturated heterocycles. The third-order valence-electron chi connectivity index (χ3n) is 2.39. The molecule has 0 aliphatic heterocycles. The van der Waals surface area contributed by atoms with Crippen molar-refractivity contribution in [3.05, 3.63) is 48.3 Å². The van der Waals surface area contributed by atoms with Gasteiger partial charge in [-0.2, -0.15) is 8.42 Å². The van der Waals surface area contributed by atoms with Crippen LogP contribution in [0.2, 0.25) is 0 Å². The maximum atomic E-state index is 11.3. The smallest absolute Gasteiger partial charge is 0.282 e. The Labute approximate surface area is 99.7 Å². The van der Waals surface area contributed by atoms with Crippen molar-refractivity contribution in [2.45, 2.75) is 11.8 Å². The maximum absolute atomic E-state index is 11.3. The van der Waals surface area contributed by atoms with E-state index in [4.69, 9.17) is 0 Å². The summed E-state index contributed by atoms with van der Waals surface area (Å²) < 4.78 is 31.7. The number of hydrogen-bond donors (Lipinski definition) is 1. The van der Waals surface area contributed by atoms with Crippen molar-refractivity contribution in [1.82, 2.24) is 4.98 Å². The van der Waals surface area contributed by atoms with Crippen molar-refractivity contribution >= 4 is 10.1 Å². The highest BCUT2D eigenvalue weighted by molar-refractivity contribution is 7.86. The molecule has 0 unspecified atom stereocenters. The predicted octanol–water partition coefficient (Wildman–Crippen LogP) is 2.30. The van der Waals surface area contributed by atoms with Crippen LogP contribution in [-0.4, -0.2) is 18.0 Å². The molecule has 1 aromatic carbocycles. The van der Waals surface area contributed by atoms with Crippen LogP contribution in [0.1, 0.15) is 5.56 Å². The second-order valence-corrected chi connectivity index (χ2v) is 5.11. The van der Waals surface area contributed by atoms with E-state index in [9.17, 15) is 13.0 Å². The standard InChI is InChI=1S/C12H11NO3S/c1-9-4-5-12(17(14,15)16)11(7-9)10-3-2-6-13-8-10/h2-8H,1H3,(H,14,15,16). The van der Waals surface area contributed by atoms with Crippen LogP contribution < -0.4 is 0 Å². The molecule has 0 aliphatic rings. The van der Waals surface area contributed by atoms with Gasteiger partial charge in [-0.3, -0.25) is 9.54 Å². The average molecular weight is 249 g/mol. The number of hydrogen-bond acceptors (Lipinski definition) is 3. The molecule has 0 spiro atoms.